The van der Waals surface area contributed by atoms with Crippen LogP contribution in [0.3, 0.4) is 0 Å². The van der Waals surface area contributed by atoms with Gasteiger partial charge in [-0.25, -0.2) is 0 Å². The molecule has 1 unspecified atom stereocenters. The minimum Gasteiger partial charge on any atom is -0.380 e. The van der Waals surface area contributed by atoms with E-state index in [1.165, 1.54) is 5.56 Å². The van der Waals surface area contributed by atoms with Crippen LogP contribution in [0.4, 0.5) is 0 Å². The second kappa shape index (κ2) is 3.73. The fourth-order valence-electron chi connectivity index (χ4n) is 2.11. The van der Waals surface area contributed by atoms with E-state index in [0.717, 1.165) is 13.2 Å². The van der Waals surface area contributed by atoms with Crippen LogP contribution in [-0.4, -0.2) is 31.8 Å². The lowest BCUT2D eigenvalue weighted by atomic mass is 9.76. The maximum absolute atomic E-state index is 5.82. The molecule has 2 rings (SSSR count). The smallest absolute Gasteiger partial charge is 0.0575 e. The highest BCUT2D eigenvalue weighted by Gasteiger charge is 2.44. The first-order valence-electron chi connectivity index (χ1n) is 4.90. The van der Waals surface area contributed by atoms with Crippen molar-refractivity contribution in [1.29, 1.82) is 0 Å². The third kappa shape index (κ3) is 1.35. The standard InChI is InChI=1S/C10H17N3O/c1-12-9(8-2-3-13-4-8)10(5-11)6-14-7-10/h2-4,9,12-13H,5-7,11H2,1H3. The van der Waals surface area contributed by atoms with Gasteiger partial charge >= 0.3 is 0 Å². The van der Waals surface area contributed by atoms with E-state index in [2.05, 4.69) is 16.4 Å². The van der Waals surface area contributed by atoms with Crippen molar-refractivity contribution >= 4 is 0 Å². The topological polar surface area (TPSA) is 63.1 Å². The highest BCUT2D eigenvalue weighted by atomic mass is 16.5. The summed E-state index contributed by atoms with van der Waals surface area (Å²) in [6, 6.07) is 2.36. The number of nitrogens with one attached hydrogen (secondary N) is 2. The SMILES string of the molecule is CNC(c1cc[nH]c1)C1(CN)COC1. The number of ether oxygens (including phenoxy) is 1. The van der Waals surface area contributed by atoms with Crippen LogP contribution in [-0.2, 0) is 4.74 Å². The van der Waals surface area contributed by atoms with Gasteiger partial charge in [0.15, 0.2) is 0 Å². The molecule has 4 nitrogen and oxygen atoms in total. The van der Waals surface area contributed by atoms with Crippen molar-refractivity contribution in [3.8, 4) is 0 Å². The normalized spacial score (nSPS) is 21.6. The van der Waals surface area contributed by atoms with E-state index in [-0.39, 0.29) is 11.5 Å². The maximum atomic E-state index is 5.82. The van der Waals surface area contributed by atoms with E-state index in [1.807, 2.05) is 19.4 Å². The summed E-state index contributed by atoms with van der Waals surface area (Å²) < 4.78 is 5.28. The third-order valence-electron chi connectivity index (χ3n) is 3.04. The monoisotopic (exact) mass is 195 g/mol. The molecule has 1 aromatic heterocycles. The highest BCUT2D eigenvalue weighted by Crippen LogP contribution is 2.39. The number of aromatic nitrogens is 1. The van der Waals surface area contributed by atoms with Gasteiger partial charge in [0.25, 0.3) is 0 Å². The highest BCUT2D eigenvalue weighted by molar-refractivity contribution is 5.19. The summed E-state index contributed by atoms with van der Waals surface area (Å²) >= 11 is 0. The van der Waals surface area contributed by atoms with E-state index >= 15 is 0 Å². The van der Waals surface area contributed by atoms with Gasteiger partial charge in [-0.15, -0.1) is 0 Å². The molecule has 1 fully saturated rings. The van der Waals surface area contributed by atoms with Crippen LogP contribution in [0, 0.1) is 5.41 Å². The quantitative estimate of drug-likeness (QED) is 0.645. The molecular formula is C10H17N3O. The molecule has 78 valence electrons. The molecular weight excluding hydrogens is 178 g/mol. The van der Waals surface area contributed by atoms with Crippen LogP contribution < -0.4 is 11.1 Å². The molecule has 2 heterocycles. The Balaban J connectivity index is 2.20. The minimum absolute atomic E-state index is 0.0803. The zero-order chi connectivity index (χ0) is 10.0. The van der Waals surface area contributed by atoms with Crippen molar-refractivity contribution in [3.05, 3.63) is 24.0 Å². The van der Waals surface area contributed by atoms with Gasteiger partial charge in [-0.1, -0.05) is 0 Å². The van der Waals surface area contributed by atoms with Crippen LogP contribution in [0.15, 0.2) is 18.5 Å². The molecule has 0 radical (unpaired) electrons. The summed E-state index contributed by atoms with van der Waals surface area (Å²) in [4.78, 5) is 3.07. The van der Waals surface area contributed by atoms with Gasteiger partial charge in [0.05, 0.1) is 13.2 Å². The van der Waals surface area contributed by atoms with Crippen LogP contribution >= 0.6 is 0 Å². The Bertz CT molecular complexity index is 274. The van der Waals surface area contributed by atoms with Crippen LogP contribution in [0.2, 0.25) is 0 Å². The van der Waals surface area contributed by atoms with Crippen LogP contribution in [0.25, 0.3) is 0 Å². The molecule has 0 bridgehead atoms. The van der Waals surface area contributed by atoms with E-state index in [0.29, 0.717) is 6.54 Å². The Hall–Kier alpha value is -0.840. The lowest BCUT2D eigenvalue weighted by molar-refractivity contribution is -0.126. The number of hydrogen-bond acceptors (Lipinski definition) is 3. The van der Waals surface area contributed by atoms with Gasteiger partial charge in [-0.05, 0) is 18.7 Å². The first-order valence-corrected chi connectivity index (χ1v) is 4.90. The summed E-state index contributed by atoms with van der Waals surface area (Å²) in [5, 5.41) is 3.32. The fourth-order valence-corrected chi connectivity index (χ4v) is 2.11. The Labute approximate surface area is 83.8 Å². The molecule has 0 spiro atoms. The molecule has 1 saturated heterocycles. The number of hydrogen-bond donors (Lipinski definition) is 3. The van der Waals surface area contributed by atoms with E-state index in [9.17, 15) is 0 Å². The second-order valence-electron chi connectivity index (χ2n) is 3.93. The molecule has 1 atom stereocenters. The molecule has 0 amide bonds. The Kier molecular flexibility index (Phi) is 2.58. The van der Waals surface area contributed by atoms with Crippen molar-refractivity contribution in [2.75, 3.05) is 26.8 Å². The summed E-state index contributed by atoms with van der Waals surface area (Å²) in [5.74, 6) is 0. The maximum Gasteiger partial charge on any atom is 0.0575 e. The largest absolute Gasteiger partial charge is 0.380 e. The van der Waals surface area contributed by atoms with Gasteiger partial charge in [0.2, 0.25) is 0 Å². The van der Waals surface area contributed by atoms with Gasteiger partial charge < -0.3 is 20.8 Å². The summed E-state index contributed by atoms with van der Waals surface area (Å²) in [6.45, 7) is 2.16. The number of H-pyrrole nitrogens is 1. The summed E-state index contributed by atoms with van der Waals surface area (Å²) in [7, 11) is 1.97. The molecule has 1 aliphatic rings. The van der Waals surface area contributed by atoms with E-state index < -0.39 is 0 Å². The predicted octanol–water partition coefficient (Wildman–Crippen LogP) is 0.250. The van der Waals surface area contributed by atoms with Crippen molar-refractivity contribution in [1.82, 2.24) is 10.3 Å². The third-order valence-corrected chi connectivity index (χ3v) is 3.04. The molecule has 1 aliphatic heterocycles. The molecule has 0 aliphatic carbocycles. The Morgan fingerprint density at radius 2 is 2.50 bits per heavy atom. The number of rotatable bonds is 4. The Morgan fingerprint density at radius 1 is 1.71 bits per heavy atom. The zero-order valence-corrected chi connectivity index (χ0v) is 8.42. The molecule has 4 heteroatoms. The molecule has 4 N–H and O–H groups in total. The number of nitrogens with two attached hydrogens (primary N) is 1. The van der Waals surface area contributed by atoms with Gasteiger partial charge in [-0.3, -0.25) is 0 Å². The lowest BCUT2D eigenvalue weighted by Gasteiger charge is -2.46. The van der Waals surface area contributed by atoms with Crippen molar-refractivity contribution in [3.63, 3.8) is 0 Å². The van der Waals surface area contributed by atoms with Gasteiger partial charge in [-0.2, -0.15) is 0 Å². The van der Waals surface area contributed by atoms with Crippen molar-refractivity contribution in [2.24, 2.45) is 11.1 Å². The fraction of sp³-hybridized carbons (Fsp3) is 0.600. The second-order valence-corrected chi connectivity index (χ2v) is 3.93. The van der Waals surface area contributed by atoms with Crippen LogP contribution in [0.5, 0.6) is 0 Å². The summed E-state index contributed by atoms with van der Waals surface area (Å²) in [5.41, 5.74) is 7.15. The first kappa shape index (κ1) is 9.71. The average Bonchev–Trinajstić information content (AvgIpc) is 2.63. The minimum atomic E-state index is 0.0803. The van der Waals surface area contributed by atoms with E-state index in [1.54, 1.807) is 0 Å². The van der Waals surface area contributed by atoms with Crippen molar-refractivity contribution in [2.45, 2.75) is 6.04 Å². The average molecular weight is 195 g/mol. The lowest BCUT2D eigenvalue weighted by Crippen LogP contribution is -2.55. The zero-order valence-electron chi connectivity index (χ0n) is 8.42. The molecule has 1 aromatic rings. The number of aromatic amines is 1. The molecule has 14 heavy (non-hydrogen) atoms. The molecule has 0 aromatic carbocycles. The predicted molar refractivity (Wildman–Crippen MR) is 54.9 cm³/mol. The van der Waals surface area contributed by atoms with E-state index in [4.69, 9.17) is 10.5 Å². The van der Waals surface area contributed by atoms with Gasteiger partial charge in [0.1, 0.15) is 0 Å². The molecule has 0 saturated carbocycles. The first-order chi connectivity index (χ1) is 6.82. The van der Waals surface area contributed by atoms with Gasteiger partial charge in [0, 0.05) is 30.4 Å². The van der Waals surface area contributed by atoms with Crippen LogP contribution in [0.1, 0.15) is 11.6 Å². The van der Waals surface area contributed by atoms with Crippen molar-refractivity contribution < 1.29 is 4.74 Å². The summed E-state index contributed by atoms with van der Waals surface area (Å²) in [6.07, 6.45) is 3.94. The Morgan fingerprint density at radius 3 is 2.86 bits per heavy atom.